The van der Waals surface area contributed by atoms with E-state index in [1.54, 1.807) is 25.4 Å². The average molecular weight is 437 g/mol. The highest BCUT2D eigenvalue weighted by Crippen LogP contribution is 2.27. The van der Waals surface area contributed by atoms with E-state index in [-0.39, 0.29) is 22.5 Å². The third kappa shape index (κ3) is 4.17. The van der Waals surface area contributed by atoms with Crippen LogP contribution in [0.15, 0.2) is 39.7 Å². The minimum Gasteiger partial charge on any atom is -0.378 e. The highest BCUT2D eigenvalue weighted by molar-refractivity contribution is 9.10. The van der Waals surface area contributed by atoms with Crippen molar-refractivity contribution in [3.8, 4) is 0 Å². The van der Waals surface area contributed by atoms with E-state index >= 15 is 0 Å². The van der Waals surface area contributed by atoms with Gasteiger partial charge in [-0.05, 0) is 34.1 Å². The largest absolute Gasteiger partial charge is 0.378 e. The minimum atomic E-state index is -0.599. The van der Waals surface area contributed by atoms with Crippen LogP contribution < -0.4 is 10.9 Å². The van der Waals surface area contributed by atoms with Gasteiger partial charge in [-0.25, -0.2) is 0 Å². The highest BCUT2D eigenvalue weighted by atomic mass is 79.9. The summed E-state index contributed by atoms with van der Waals surface area (Å²) in [4.78, 5) is 37.3. The molecule has 0 bridgehead atoms. The van der Waals surface area contributed by atoms with Crippen LogP contribution in [0.2, 0.25) is 0 Å². The van der Waals surface area contributed by atoms with Crippen molar-refractivity contribution in [3.63, 3.8) is 0 Å². The van der Waals surface area contributed by atoms with Crippen molar-refractivity contribution in [2.24, 2.45) is 7.05 Å². The second-order valence-electron chi connectivity index (χ2n) is 6.01. The van der Waals surface area contributed by atoms with E-state index in [0.29, 0.717) is 36.5 Å². The molecule has 1 aliphatic rings. The Morgan fingerprint density at radius 2 is 2.00 bits per heavy atom. The first-order valence-electron chi connectivity index (χ1n) is 8.15. The fraction of sp³-hybridized carbons (Fsp3) is 0.294. The first-order chi connectivity index (χ1) is 12.9. The average Bonchev–Trinajstić information content (AvgIpc) is 2.65. The number of amides is 1. The number of rotatable bonds is 4. The lowest BCUT2D eigenvalue weighted by Gasteiger charge is -2.26. The molecule has 1 fully saturated rings. The summed E-state index contributed by atoms with van der Waals surface area (Å²) in [6, 6.07) is 5.79. The number of halogens is 1. The monoisotopic (exact) mass is 436 g/mol. The van der Waals surface area contributed by atoms with Gasteiger partial charge in [0.15, 0.2) is 0 Å². The fourth-order valence-electron chi connectivity index (χ4n) is 2.79. The molecule has 1 aromatic carbocycles. The number of nitro groups is 1. The number of hydrogen-bond acceptors (Lipinski definition) is 6. The second kappa shape index (κ2) is 7.89. The lowest BCUT2D eigenvalue weighted by atomic mass is 10.1. The van der Waals surface area contributed by atoms with Crippen LogP contribution in [0.25, 0.3) is 0 Å². The molecule has 1 aliphatic heterocycles. The number of morpholine rings is 1. The van der Waals surface area contributed by atoms with Crippen LogP contribution >= 0.6 is 15.9 Å². The Hall–Kier alpha value is -2.72. The molecule has 0 spiro atoms. The normalized spacial score (nSPS) is 14.1. The molecule has 142 valence electrons. The van der Waals surface area contributed by atoms with Gasteiger partial charge in [-0.3, -0.25) is 19.7 Å². The smallest absolute Gasteiger partial charge is 0.284 e. The summed E-state index contributed by atoms with van der Waals surface area (Å²) in [5.74, 6) is -0.407. The van der Waals surface area contributed by atoms with Crippen LogP contribution in [0, 0.1) is 10.1 Å². The predicted octanol–water partition coefficient (Wildman–Crippen LogP) is 2.27. The number of aromatic nitrogens is 1. The molecule has 0 radical (unpaired) electrons. The molecular weight excluding hydrogens is 420 g/mol. The van der Waals surface area contributed by atoms with Crippen LogP contribution in [0.3, 0.4) is 0 Å². The molecular formula is C17H17BrN4O5. The number of carbonyl (C=O) groups excluding carboxylic acids is 1. The van der Waals surface area contributed by atoms with Crippen molar-refractivity contribution in [1.29, 1.82) is 0 Å². The Labute approximate surface area is 162 Å². The van der Waals surface area contributed by atoms with Crippen LogP contribution in [0.1, 0.15) is 10.4 Å². The standard InChI is InChI=1S/C17H17BrN4O5/c1-20-10-11(18)8-14(17(20)24)19-12-2-3-13(15(9-12)22(25)26)16(23)21-4-6-27-7-5-21/h2-3,8-10,19H,4-7H2,1H3. The number of nitrogens with zero attached hydrogens (tertiary/aromatic N) is 3. The number of nitrogens with one attached hydrogen (secondary N) is 1. The Morgan fingerprint density at radius 3 is 2.67 bits per heavy atom. The molecule has 0 unspecified atom stereocenters. The molecule has 27 heavy (non-hydrogen) atoms. The van der Waals surface area contributed by atoms with E-state index in [0.717, 1.165) is 0 Å². The first kappa shape index (κ1) is 19.1. The second-order valence-corrected chi connectivity index (χ2v) is 6.92. The molecule has 1 saturated heterocycles. The van der Waals surface area contributed by atoms with Gasteiger partial charge in [0.05, 0.1) is 18.1 Å². The fourth-order valence-corrected chi connectivity index (χ4v) is 3.33. The molecule has 10 heteroatoms. The van der Waals surface area contributed by atoms with Crippen LogP contribution in [0.5, 0.6) is 0 Å². The maximum absolute atomic E-state index is 12.6. The summed E-state index contributed by atoms with van der Waals surface area (Å²) < 4.78 is 7.27. The van der Waals surface area contributed by atoms with Gasteiger partial charge in [0.2, 0.25) is 0 Å². The quantitative estimate of drug-likeness (QED) is 0.581. The Kier molecular flexibility index (Phi) is 5.57. The lowest BCUT2D eigenvalue weighted by molar-refractivity contribution is -0.385. The molecule has 3 rings (SSSR count). The van der Waals surface area contributed by atoms with Gasteiger partial charge in [-0.15, -0.1) is 0 Å². The number of benzene rings is 1. The van der Waals surface area contributed by atoms with E-state index in [2.05, 4.69) is 21.2 Å². The van der Waals surface area contributed by atoms with Crippen LogP contribution in [-0.2, 0) is 11.8 Å². The van der Waals surface area contributed by atoms with E-state index in [1.807, 2.05) is 0 Å². The van der Waals surface area contributed by atoms with Crippen molar-refractivity contribution in [2.45, 2.75) is 0 Å². The number of nitro benzene ring substituents is 1. The van der Waals surface area contributed by atoms with Crippen molar-refractivity contribution >= 4 is 38.9 Å². The molecule has 1 aromatic heterocycles. The van der Waals surface area contributed by atoms with Gasteiger partial charge >= 0.3 is 0 Å². The van der Waals surface area contributed by atoms with E-state index < -0.39 is 10.8 Å². The molecule has 0 atom stereocenters. The van der Waals surface area contributed by atoms with E-state index in [4.69, 9.17) is 4.74 Å². The zero-order valence-corrected chi connectivity index (χ0v) is 16.1. The summed E-state index contributed by atoms with van der Waals surface area (Å²) in [5.41, 5.74) is 0.0103. The Bertz CT molecular complexity index is 953. The van der Waals surface area contributed by atoms with E-state index in [9.17, 15) is 19.7 Å². The zero-order valence-electron chi connectivity index (χ0n) is 14.5. The number of ether oxygens (including phenoxy) is 1. The summed E-state index contributed by atoms with van der Waals surface area (Å²) in [7, 11) is 1.60. The van der Waals surface area contributed by atoms with Crippen LogP contribution in [0.4, 0.5) is 17.1 Å². The molecule has 0 saturated carbocycles. The van der Waals surface area contributed by atoms with Gasteiger partial charge in [-0.1, -0.05) is 0 Å². The van der Waals surface area contributed by atoms with Crippen molar-refractivity contribution in [2.75, 3.05) is 31.6 Å². The minimum absolute atomic E-state index is 0.00888. The van der Waals surface area contributed by atoms with Crippen molar-refractivity contribution in [1.82, 2.24) is 9.47 Å². The summed E-state index contributed by atoms with van der Waals surface area (Å²) in [5, 5.41) is 14.4. The number of pyridine rings is 1. The van der Waals surface area contributed by atoms with Gasteiger partial charge in [0.1, 0.15) is 11.3 Å². The molecule has 0 aliphatic carbocycles. The number of carbonyl (C=O) groups is 1. The summed E-state index contributed by atoms with van der Waals surface area (Å²) >= 11 is 3.30. The number of aryl methyl sites for hydroxylation is 1. The van der Waals surface area contributed by atoms with Gasteiger partial charge < -0.3 is 19.5 Å². The third-order valence-electron chi connectivity index (χ3n) is 4.15. The summed E-state index contributed by atoms with van der Waals surface area (Å²) in [6.45, 7) is 1.60. The van der Waals surface area contributed by atoms with Crippen molar-refractivity contribution in [3.05, 3.63) is 61.0 Å². The SMILES string of the molecule is Cn1cc(Br)cc(Nc2ccc(C(=O)N3CCOCC3)c([N+](=O)[O-])c2)c1=O. The number of anilines is 2. The molecule has 9 nitrogen and oxygen atoms in total. The van der Waals surface area contributed by atoms with Gasteiger partial charge in [-0.2, -0.15) is 0 Å². The first-order valence-corrected chi connectivity index (χ1v) is 8.95. The predicted molar refractivity (Wildman–Crippen MR) is 102 cm³/mol. The third-order valence-corrected chi connectivity index (χ3v) is 4.59. The Morgan fingerprint density at radius 1 is 1.30 bits per heavy atom. The zero-order chi connectivity index (χ0) is 19.6. The molecule has 2 aromatic rings. The number of hydrogen-bond donors (Lipinski definition) is 1. The van der Waals surface area contributed by atoms with Crippen molar-refractivity contribution < 1.29 is 14.5 Å². The topological polar surface area (TPSA) is 107 Å². The molecule has 1 amide bonds. The maximum Gasteiger partial charge on any atom is 0.284 e. The van der Waals surface area contributed by atoms with E-state index in [1.165, 1.54) is 21.6 Å². The van der Waals surface area contributed by atoms with Gasteiger partial charge in [0.25, 0.3) is 17.2 Å². The molecule has 2 heterocycles. The van der Waals surface area contributed by atoms with Gasteiger partial charge in [0, 0.05) is 42.6 Å². The maximum atomic E-state index is 12.6. The van der Waals surface area contributed by atoms with Crippen LogP contribution in [-0.4, -0.2) is 46.6 Å². The molecule has 1 N–H and O–H groups in total. The lowest BCUT2D eigenvalue weighted by Crippen LogP contribution is -2.40. The summed E-state index contributed by atoms with van der Waals surface area (Å²) in [6.07, 6.45) is 1.61. The highest BCUT2D eigenvalue weighted by Gasteiger charge is 2.26. The Balaban J connectivity index is 1.93.